The van der Waals surface area contributed by atoms with Crippen LogP contribution in [0.4, 0.5) is 5.69 Å². The van der Waals surface area contributed by atoms with Crippen molar-refractivity contribution in [2.45, 2.75) is 24.8 Å². The molecule has 0 bridgehead atoms. The van der Waals surface area contributed by atoms with E-state index in [0.717, 1.165) is 10.5 Å². The van der Waals surface area contributed by atoms with Gasteiger partial charge in [-0.25, -0.2) is 0 Å². The molecule has 0 aliphatic heterocycles. The Kier molecular flexibility index (Phi) is 7.36. The van der Waals surface area contributed by atoms with E-state index >= 15 is 0 Å². The fourth-order valence-corrected chi connectivity index (χ4v) is 2.96. The second-order valence-corrected chi connectivity index (χ2v) is 6.98. The van der Waals surface area contributed by atoms with Crippen molar-refractivity contribution >= 4 is 40.9 Å². The van der Waals surface area contributed by atoms with Crippen molar-refractivity contribution in [1.82, 2.24) is 0 Å². The summed E-state index contributed by atoms with van der Waals surface area (Å²) < 4.78 is 10.4. The number of amides is 1. The minimum absolute atomic E-state index is 0.130. The molecule has 7 heteroatoms. The molecule has 138 valence electrons. The largest absolute Gasteiger partial charge is 0.495 e. The first kappa shape index (κ1) is 20.1. The van der Waals surface area contributed by atoms with Gasteiger partial charge in [0.15, 0.2) is 6.10 Å². The molecule has 0 saturated heterocycles. The first-order valence-corrected chi connectivity index (χ1v) is 9.29. The number of hydrogen-bond donors (Lipinski definition) is 1. The molecule has 0 radical (unpaired) electrons. The summed E-state index contributed by atoms with van der Waals surface area (Å²) in [6, 6.07) is 12.8. The second kappa shape index (κ2) is 9.50. The molecule has 5 nitrogen and oxygen atoms in total. The monoisotopic (exact) mass is 393 g/mol. The minimum Gasteiger partial charge on any atom is -0.495 e. The topological polar surface area (TPSA) is 64.6 Å². The molecule has 0 aliphatic carbocycles. The Morgan fingerprint density at radius 3 is 2.58 bits per heavy atom. The summed E-state index contributed by atoms with van der Waals surface area (Å²) in [5, 5.41) is 3.24. The molecule has 0 fully saturated rings. The molecule has 0 aromatic heterocycles. The summed E-state index contributed by atoms with van der Waals surface area (Å²) in [7, 11) is 1.49. The van der Waals surface area contributed by atoms with Crippen LogP contribution in [-0.4, -0.2) is 30.8 Å². The van der Waals surface area contributed by atoms with Crippen LogP contribution in [0.3, 0.4) is 0 Å². The average molecular weight is 394 g/mol. The van der Waals surface area contributed by atoms with E-state index in [9.17, 15) is 9.59 Å². The maximum Gasteiger partial charge on any atom is 0.317 e. The van der Waals surface area contributed by atoms with Crippen molar-refractivity contribution in [1.29, 1.82) is 0 Å². The average Bonchev–Trinajstić information content (AvgIpc) is 2.63. The van der Waals surface area contributed by atoms with Gasteiger partial charge >= 0.3 is 5.97 Å². The normalized spacial score (nSPS) is 11.5. The summed E-state index contributed by atoms with van der Waals surface area (Å²) in [4.78, 5) is 25.2. The lowest BCUT2D eigenvalue weighted by Crippen LogP contribution is -2.30. The van der Waals surface area contributed by atoms with Gasteiger partial charge in [-0.2, -0.15) is 0 Å². The molecule has 1 N–H and O–H groups in total. The summed E-state index contributed by atoms with van der Waals surface area (Å²) >= 11 is 7.41. The summed E-state index contributed by atoms with van der Waals surface area (Å²) in [5.74, 6) is -0.332. The van der Waals surface area contributed by atoms with E-state index in [2.05, 4.69) is 5.32 Å². The second-order valence-electron chi connectivity index (χ2n) is 5.52. The van der Waals surface area contributed by atoms with E-state index in [0.29, 0.717) is 16.5 Å². The standard InChI is InChI=1S/C19H20ClNO4S/c1-12-9-16(17(24-3)10-15(12)20)21-19(23)13(2)25-18(22)11-26-14-7-5-4-6-8-14/h4-10,13H,11H2,1-3H3,(H,21,23)/t13-/m1/s1. The minimum atomic E-state index is -0.931. The van der Waals surface area contributed by atoms with Gasteiger partial charge in [0.05, 0.1) is 18.6 Å². The molecule has 26 heavy (non-hydrogen) atoms. The first-order chi connectivity index (χ1) is 12.4. The molecule has 2 rings (SSSR count). The van der Waals surface area contributed by atoms with Gasteiger partial charge in [-0.15, -0.1) is 11.8 Å². The maximum atomic E-state index is 12.3. The van der Waals surface area contributed by atoms with E-state index in [4.69, 9.17) is 21.1 Å². The molecule has 0 saturated carbocycles. The molecule has 0 aliphatic rings. The lowest BCUT2D eigenvalue weighted by Gasteiger charge is -2.16. The Bertz CT molecular complexity index is 783. The Morgan fingerprint density at radius 2 is 1.92 bits per heavy atom. The lowest BCUT2D eigenvalue weighted by molar-refractivity contribution is -0.150. The van der Waals surface area contributed by atoms with Gasteiger partial charge in [0.1, 0.15) is 5.75 Å². The molecule has 0 heterocycles. The van der Waals surface area contributed by atoms with Crippen LogP contribution in [-0.2, 0) is 14.3 Å². The van der Waals surface area contributed by atoms with Gasteiger partial charge in [-0.3, -0.25) is 9.59 Å². The number of aryl methyl sites for hydroxylation is 1. The molecule has 0 spiro atoms. The third-order valence-corrected chi connectivity index (χ3v) is 4.91. The van der Waals surface area contributed by atoms with Crippen molar-refractivity contribution in [2.24, 2.45) is 0 Å². The van der Waals surface area contributed by atoms with E-state index in [1.54, 1.807) is 12.1 Å². The van der Waals surface area contributed by atoms with E-state index in [-0.39, 0.29) is 5.75 Å². The number of halogens is 1. The number of carbonyl (C=O) groups is 2. The zero-order chi connectivity index (χ0) is 19.1. The van der Waals surface area contributed by atoms with Crippen LogP contribution >= 0.6 is 23.4 Å². The van der Waals surface area contributed by atoms with Gasteiger partial charge in [0, 0.05) is 16.0 Å². The van der Waals surface area contributed by atoms with Crippen LogP contribution < -0.4 is 10.1 Å². The summed E-state index contributed by atoms with van der Waals surface area (Å²) in [6.07, 6.45) is -0.931. The molecule has 0 unspecified atom stereocenters. The van der Waals surface area contributed by atoms with Crippen molar-refractivity contribution in [3.63, 3.8) is 0 Å². The van der Waals surface area contributed by atoms with Crippen LogP contribution in [0.15, 0.2) is 47.4 Å². The summed E-state index contributed by atoms with van der Waals surface area (Å²) in [6.45, 7) is 3.34. The smallest absolute Gasteiger partial charge is 0.317 e. The lowest BCUT2D eigenvalue weighted by atomic mass is 10.2. The molecular formula is C19H20ClNO4S. The molecule has 2 aromatic carbocycles. The number of rotatable bonds is 7. The molecule has 2 aromatic rings. The van der Waals surface area contributed by atoms with Crippen LogP contribution in [0, 0.1) is 6.92 Å². The Morgan fingerprint density at radius 1 is 1.23 bits per heavy atom. The molecular weight excluding hydrogens is 374 g/mol. The van der Waals surface area contributed by atoms with Crippen LogP contribution in [0.1, 0.15) is 12.5 Å². The van der Waals surface area contributed by atoms with Gasteiger partial charge in [0.2, 0.25) is 0 Å². The SMILES string of the molecule is COc1cc(Cl)c(C)cc1NC(=O)[C@@H](C)OC(=O)CSc1ccccc1. The van der Waals surface area contributed by atoms with Crippen LogP contribution in [0.5, 0.6) is 5.75 Å². The predicted octanol–water partition coefficient (Wildman–Crippen LogP) is 4.32. The highest BCUT2D eigenvalue weighted by atomic mass is 35.5. The van der Waals surface area contributed by atoms with E-state index in [1.807, 2.05) is 37.3 Å². The first-order valence-electron chi connectivity index (χ1n) is 7.93. The zero-order valence-corrected chi connectivity index (χ0v) is 16.3. The molecule has 1 amide bonds. The predicted molar refractivity (Wildman–Crippen MR) is 104 cm³/mol. The maximum absolute atomic E-state index is 12.3. The van der Waals surface area contributed by atoms with Crippen LogP contribution in [0.25, 0.3) is 0 Å². The third-order valence-electron chi connectivity index (χ3n) is 3.52. The van der Waals surface area contributed by atoms with Gasteiger partial charge in [0.25, 0.3) is 5.91 Å². The van der Waals surface area contributed by atoms with Gasteiger partial charge in [-0.05, 0) is 37.6 Å². The zero-order valence-electron chi connectivity index (χ0n) is 14.7. The fourth-order valence-electron chi connectivity index (χ4n) is 2.11. The number of nitrogens with one attached hydrogen (secondary N) is 1. The summed E-state index contributed by atoms with van der Waals surface area (Å²) in [5.41, 5.74) is 1.27. The Hall–Kier alpha value is -2.18. The van der Waals surface area contributed by atoms with E-state index < -0.39 is 18.0 Å². The van der Waals surface area contributed by atoms with Crippen LogP contribution in [0.2, 0.25) is 5.02 Å². The number of carbonyl (C=O) groups excluding carboxylic acids is 2. The highest BCUT2D eigenvalue weighted by molar-refractivity contribution is 8.00. The van der Waals surface area contributed by atoms with Crippen molar-refractivity contribution < 1.29 is 19.1 Å². The molecule has 1 atom stereocenters. The Labute approximate surface area is 162 Å². The number of benzene rings is 2. The quantitative estimate of drug-likeness (QED) is 0.560. The van der Waals surface area contributed by atoms with E-state index in [1.165, 1.54) is 25.8 Å². The number of thioether (sulfide) groups is 1. The number of esters is 1. The Balaban J connectivity index is 1.91. The number of hydrogen-bond acceptors (Lipinski definition) is 5. The van der Waals surface area contributed by atoms with Crippen molar-refractivity contribution in [3.05, 3.63) is 53.1 Å². The number of methoxy groups -OCH3 is 1. The van der Waals surface area contributed by atoms with Gasteiger partial charge in [-0.1, -0.05) is 29.8 Å². The third kappa shape index (κ3) is 5.68. The van der Waals surface area contributed by atoms with Crippen molar-refractivity contribution in [3.8, 4) is 5.75 Å². The van der Waals surface area contributed by atoms with Crippen molar-refractivity contribution in [2.75, 3.05) is 18.2 Å². The van der Waals surface area contributed by atoms with Gasteiger partial charge < -0.3 is 14.8 Å². The highest BCUT2D eigenvalue weighted by Crippen LogP contribution is 2.31. The number of anilines is 1. The number of ether oxygens (including phenoxy) is 2. The fraction of sp³-hybridized carbons (Fsp3) is 0.263. The highest BCUT2D eigenvalue weighted by Gasteiger charge is 2.20.